The highest BCUT2D eigenvalue weighted by atomic mass is 19.1. The second-order valence-corrected chi connectivity index (χ2v) is 6.49. The number of aliphatic hydroxyl groups is 1. The second kappa shape index (κ2) is 6.72. The van der Waals surface area contributed by atoms with Gasteiger partial charge in [-0.2, -0.15) is 0 Å². The fraction of sp³-hybridized carbons (Fsp3) is 0.562. The van der Waals surface area contributed by atoms with E-state index in [9.17, 15) is 19.6 Å². The molecule has 1 aliphatic rings. The minimum atomic E-state index is -0.738. The van der Waals surface area contributed by atoms with E-state index in [0.29, 0.717) is 19.3 Å². The lowest BCUT2D eigenvalue weighted by Gasteiger charge is -2.39. The van der Waals surface area contributed by atoms with Crippen molar-refractivity contribution in [2.75, 3.05) is 13.1 Å². The first-order chi connectivity index (χ1) is 10.7. The molecule has 23 heavy (non-hydrogen) atoms. The van der Waals surface area contributed by atoms with Gasteiger partial charge in [0.1, 0.15) is 5.82 Å². The number of benzene rings is 1. The molecular weight excluding hydrogens is 301 g/mol. The Labute approximate surface area is 134 Å². The number of hydrogen-bond acceptors (Lipinski definition) is 5. The van der Waals surface area contributed by atoms with Crippen LogP contribution in [0.1, 0.15) is 38.7 Å². The number of rotatable bonds is 5. The molecule has 0 bridgehead atoms. The molecule has 1 aliphatic heterocycles. The fourth-order valence-electron chi connectivity index (χ4n) is 2.84. The molecule has 0 aliphatic carbocycles. The lowest BCUT2D eigenvalue weighted by Crippen LogP contribution is -2.46. The smallest absolute Gasteiger partial charge is 0.272 e. The molecule has 6 nitrogen and oxygen atoms in total. The molecule has 2 rings (SSSR count). The predicted molar refractivity (Wildman–Crippen MR) is 85.4 cm³/mol. The van der Waals surface area contributed by atoms with Crippen LogP contribution in [0.3, 0.4) is 0 Å². The van der Waals surface area contributed by atoms with Crippen LogP contribution in [0.15, 0.2) is 18.2 Å². The Morgan fingerprint density at radius 3 is 2.65 bits per heavy atom. The molecule has 0 unspecified atom stereocenters. The molecule has 126 valence electrons. The van der Waals surface area contributed by atoms with E-state index in [4.69, 9.17) is 5.41 Å². The molecule has 1 atom stereocenters. The van der Waals surface area contributed by atoms with Crippen molar-refractivity contribution in [1.82, 2.24) is 4.90 Å². The Morgan fingerprint density at radius 2 is 2.13 bits per heavy atom. The number of nitrogens with one attached hydrogen (secondary N) is 1. The largest absolute Gasteiger partial charge is 0.390 e. The lowest BCUT2D eigenvalue weighted by molar-refractivity contribution is -0.385. The molecule has 1 aromatic carbocycles. The standard InChI is InChI=1S/C16H22FN3O3/c1-11(19-7-5-16(2,21)6-8-19)9-15(18)13-4-3-12(20(22)23)10-14(13)17/h3-4,10-11,18,21H,5-9H2,1-2H3/t11-/m1/s1. The topological polar surface area (TPSA) is 90.5 Å². The highest BCUT2D eigenvalue weighted by molar-refractivity contribution is 5.98. The highest BCUT2D eigenvalue weighted by Crippen LogP contribution is 2.24. The van der Waals surface area contributed by atoms with Gasteiger partial charge < -0.3 is 15.4 Å². The van der Waals surface area contributed by atoms with Crippen LogP contribution in [-0.2, 0) is 0 Å². The quantitative estimate of drug-likeness (QED) is 0.495. The SMILES string of the molecule is C[C@H](CC(=N)c1ccc([N+](=O)[O-])cc1F)N1CCC(C)(O)CC1. The zero-order chi connectivity index (χ0) is 17.2. The second-order valence-electron chi connectivity index (χ2n) is 6.49. The molecule has 1 fully saturated rings. The van der Waals surface area contributed by atoms with Gasteiger partial charge in [-0.05, 0) is 32.8 Å². The van der Waals surface area contributed by atoms with Gasteiger partial charge in [-0.15, -0.1) is 0 Å². The van der Waals surface area contributed by atoms with Crippen LogP contribution in [0.25, 0.3) is 0 Å². The zero-order valence-electron chi connectivity index (χ0n) is 13.4. The van der Waals surface area contributed by atoms with Crippen LogP contribution in [-0.4, -0.2) is 45.4 Å². The molecule has 0 saturated carbocycles. The molecule has 0 spiro atoms. The maximum atomic E-state index is 14.0. The number of likely N-dealkylation sites (tertiary alicyclic amines) is 1. The van der Waals surface area contributed by atoms with Crippen molar-refractivity contribution in [3.05, 3.63) is 39.7 Å². The average Bonchev–Trinajstić information content (AvgIpc) is 2.46. The fourth-order valence-corrected chi connectivity index (χ4v) is 2.84. The van der Waals surface area contributed by atoms with E-state index in [-0.39, 0.29) is 23.0 Å². The summed E-state index contributed by atoms with van der Waals surface area (Å²) in [7, 11) is 0. The third kappa shape index (κ3) is 4.33. The Morgan fingerprint density at radius 1 is 1.52 bits per heavy atom. The van der Waals surface area contributed by atoms with Gasteiger partial charge in [0, 0.05) is 42.9 Å². The highest BCUT2D eigenvalue weighted by Gasteiger charge is 2.30. The molecule has 2 N–H and O–H groups in total. The van der Waals surface area contributed by atoms with E-state index in [1.54, 1.807) is 0 Å². The average molecular weight is 323 g/mol. The number of nitrogens with zero attached hydrogens (tertiary/aromatic N) is 2. The van der Waals surface area contributed by atoms with Crippen molar-refractivity contribution in [1.29, 1.82) is 5.41 Å². The molecular formula is C16H22FN3O3. The first-order valence-corrected chi connectivity index (χ1v) is 7.68. The normalized spacial score (nSPS) is 19.3. The monoisotopic (exact) mass is 323 g/mol. The first kappa shape index (κ1) is 17.5. The number of non-ortho nitro benzene ring substituents is 1. The van der Waals surface area contributed by atoms with Crippen LogP contribution in [0.5, 0.6) is 0 Å². The van der Waals surface area contributed by atoms with E-state index in [1.165, 1.54) is 12.1 Å². The van der Waals surface area contributed by atoms with E-state index >= 15 is 0 Å². The van der Waals surface area contributed by atoms with E-state index in [1.807, 2.05) is 13.8 Å². The minimum Gasteiger partial charge on any atom is -0.390 e. The van der Waals surface area contributed by atoms with Crippen LogP contribution >= 0.6 is 0 Å². The lowest BCUT2D eigenvalue weighted by atomic mass is 9.92. The number of piperidine rings is 1. The number of nitro benzene ring substituents is 1. The van der Waals surface area contributed by atoms with Gasteiger partial charge >= 0.3 is 0 Å². The summed E-state index contributed by atoms with van der Waals surface area (Å²) >= 11 is 0. The first-order valence-electron chi connectivity index (χ1n) is 7.68. The molecule has 7 heteroatoms. The third-order valence-corrected chi connectivity index (χ3v) is 4.49. The van der Waals surface area contributed by atoms with Crippen molar-refractivity contribution in [2.24, 2.45) is 0 Å². The third-order valence-electron chi connectivity index (χ3n) is 4.49. The Bertz CT molecular complexity index is 609. The van der Waals surface area contributed by atoms with Crippen molar-refractivity contribution >= 4 is 11.4 Å². The molecule has 1 heterocycles. The maximum absolute atomic E-state index is 14.0. The summed E-state index contributed by atoms with van der Waals surface area (Å²) in [5.74, 6) is -0.738. The van der Waals surface area contributed by atoms with Crippen molar-refractivity contribution in [2.45, 2.75) is 44.8 Å². The van der Waals surface area contributed by atoms with Crippen molar-refractivity contribution in [3.8, 4) is 0 Å². The molecule has 0 aromatic heterocycles. The van der Waals surface area contributed by atoms with Crippen LogP contribution < -0.4 is 0 Å². The minimum absolute atomic E-state index is 0.0493. The van der Waals surface area contributed by atoms with Gasteiger partial charge in [0.2, 0.25) is 0 Å². The summed E-state index contributed by atoms with van der Waals surface area (Å²) in [6.07, 6.45) is 1.71. The summed E-state index contributed by atoms with van der Waals surface area (Å²) in [5, 5.41) is 28.7. The molecule has 0 amide bonds. The Hall–Kier alpha value is -1.86. The van der Waals surface area contributed by atoms with Gasteiger partial charge in [-0.1, -0.05) is 0 Å². The predicted octanol–water partition coefficient (Wildman–Crippen LogP) is 2.73. The molecule has 0 radical (unpaired) electrons. The Kier molecular flexibility index (Phi) is 5.11. The number of hydrogen-bond donors (Lipinski definition) is 2. The maximum Gasteiger partial charge on any atom is 0.272 e. The van der Waals surface area contributed by atoms with Gasteiger partial charge in [-0.3, -0.25) is 10.1 Å². The summed E-state index contributed by atoms with van der Waals surface area (Å²) in [4.78, 5) is 12.2. The Balaban J connectivity index is 2.00. The van der Waals surface area contributed by atoms with Crippen molar-refractivity contribution < 1.29 is 14.4 Å². The summed E-state index contributed by atoms with van der Waals surface area (Å²) in [6, 6.07) is 3.42. The van der Waals surface area contributed by atoms with E-state index < -0.39 is 16.3 Å². The van der Waals surface area contributed by atoms with E-state index in [2.05, 4.69) is 4.90 Å². The summed E-state index contributed by atoms with van der Waals surface area (Å²) in [6.45, 7) is 5.27. The van der Waals surface area contributed by atoms with Crippen molar-refractivity contribution in [3.63, 3.8) is 0 Å². The van der Waals surface area contributed by atoms with Gasteiger partial charge in [0.25, 0.3) is 5.69 Å². The molecule has 1 aromatic rings. The van der Waals surface area contributed by atoms with E-state index in [0.717, 1.165) is 19.2 Å². The van der Waals surface area contributed by atoms with Gasteiger partial charge in [-0.25, -0.2) is 4.39 Å². The summed E-state index contributed by atoms with van der Waals surface area (Å²) in [5.41, 5.74) is -0.715. The zero-order valence-corrected chi connectivity index (χ0v) is 13.4. The van der Waals surface area contributed by atoms with Crippen LogP contribution in [0, 0.1) is 21.3 Å². The van der Waals surface area contributed by atoms with Crippen LogP contribution in [0.4, 0.5) is 10.1 Å². The summed E-state index contributed by atoms with van der Waals surface area (Å²) < 4.78 is 14.0. The molecule has 1 saturated heterocycles. The van der Waals surface area contributed by atoms with Crippen LogP contribution in [0.2, 0.25) is 0 Å². The van der Waals surface area contributed by atoms with Gasteiger partial charge in [0.05, 0.1) is 16.6 Å². The van der Waals surface area contributed by atoms with Gasteiger partial charge in [0.15, 0.2) is 0 Å². The number of nitro groups is 1. The number of halogens is 1.